The van der Waals surface area contributed by atoms with Crippen LogP contribution in [0.3, 0.4) is 0 Å². The minimum Gasteiger partial charge on any atom is -0.318 e. The van der Waals surface area contributed by atoms with Crippen molar-refractivity contribution in [3.8, 4) is 0 Å². The molecule has 0 bridgehead atoms. The van der Waals surface area contributed by atoms with Gasteiger partial charge in [-0.15, -0.1) is 0 Å². The lowest BCUT2D eigenvalue weighted by atomic mass is 9.99. The molecular weight excluding hydrogens is 356 g/mol. The summed E-state index contributed by atoms with van der Waals surface area (Å²) >= 11 is 0. The molecule has 0 saturated carbocycles. The molecule has 0 amide bonds. The van der Waals surface area contributed by atoms with E-state index in [0.29, 0.717) is 0 Å². The van der Waals surface area contributed by atoms with Gasteiger partial charge in [0.25, 0.3) is 0 Å². The zero-order valence-electron chi connectivity index (χ0n) is 20.4. The summed E-state index contributed by atoms with van der Waals surface area (Å²) in [6.07, 6.45) is 21.5. The number of likely N-dealkylation sites (N-methyl/N-ethyl adjacent to an activating group) is 2. The van der Waals surface area contributed by atoms with Gasteiger partial charge in [-0.25, -0.2) is 0 Å². The normalized spacial score (nSPS) is 11.6. The maximum atomic E-state index is 3.61. The van der Waals surface area contributed by atoms with Gasteiger partial charge in [-0.3, -0.25) is 0 Å². The third-order valence-corrected chi connectivity index (χ3v) is 5.94. The van der Waals surface area contributed by atoms with Crippen molar-refractivity contribution in [2.24, 2.45) is 5.92 Å². The van der Waals surface area contributed by atoms with Gasteiger partial charge in [-0.2, -0.15) is 0 Å². The zero-order chi connectivity index (χ0) is 21.3. The van der Waals surface area contributed by atoms with Crippen molar-refractivity contribution in [1.82, 2.24) is 21.3 Å². The monoisotopic (exact) mass is 412 g/mol. The SMILES string of the molecule is CCCCCCCCCCCCCCCCC(CNCCNC)CNCCNC. The summed E-state index contributed by atoms with van der Waals surface area (Å²) in [5, 5.41) is 13.6. The predicted molar refractivity (Wildman–Crippen MR) is 132 cm³/mol. The van der Waals surface area contributed by atoms with Gasteiger partial charge in [0.2, 0.25) is 0 Å². The molecule has 29 heavy (non-hydrogen) atoms. The molecule has 176 valence electrons. The second-order valence-electron chi connectivity index (χ2n) is 8.87. The first-order valence-corrected chi connectivity index (χ1v) is 13.1. The smallest absolute Gasteiger partial charge is 0.00767 e. The molecule has 0 rings (SSSR count). The Morgan fingerprint density at radius 1 is 0.483 bits per heavy atom. The second kappa shape index (κ2) is 25.9. The van der Waals surface area contributed by atoms with Crippen molar-refractivity contribution in [2.45, 2.75) is 103 Å². The van der Waals surface area contributed by atoms with Gasteiger partial charge in [0.15, 0.2) is 0 Å². The van der Waals surface area contributed by atoms with Crippen molar-refractivity contribution in [3.63, 3.8) is 0 Å². The lowest BCUT2D eigenvalue weighted by Crippen LogP contribution is -2.36. The van der Waals surface area contributed by atoms with Crippen molar-refractivity contribution in [2.75, 3.05) is 53.4 Å². The molecule has 0 aliphatic heterocycles. The minimum absolute atomic E-state index is 0.765. The van der Waals surface area contributed by atoms with Gasteiger partial charge in [-0.1, -0.05) is 96.8 Å². The molecule has 0 saturated heterocycles. The highest BCUT2D eigenvalue weighted by atomic mass is 15.0. The Labute approximate surface area is 184 Å². The Balaban J connectivity index is 3.50. The van der Waals surface area contributed by atoms with E-state index < -0.39 is 0 Å². The van der Waals surface area contributed by atoms with Crippen LogP contribution in [0, 0.1) is 5.92 Å². The number of nitrogens with one attached hydrogen (secondary N) is 4. The number of hydrogen-bond donors (Lipinski definition) is 4. The van der Waals surface area contributed by atoms with E-state index in [0.717, 1.165) is 45.2 Å². The maximum Gasteiger partial charge on any atom is 0.00767 e. The first kappa shape index (κ1) is 28.8. The molecule has 0 radical (unpaired) electrons. The molecule has 0 spiro atoms. The maximum absolute atomic E-state index is 3.61. The largest absolute Gasteiger partial charge is 0.318 e. The average molecular weight is 413 g/mol. The topological polar surface area (TPSA) is 48.1 Å². The van der Waals surface area contributed by atoms with E-state index in [1.807, 2.05) is 14.1 Å². The standard InChI is InChI=1S/C25H56N4/c1-4-5-6-7-8-9-10-11-12-13-14-15-16-17-18-25(23-28-21-19-26-2)24-29-22-20-27-3/h25-29H,4-24H2,1-3H3. The molecule has 0 aliphatic rings. The first-order valence-electron chi connectivity index (χ1n) is 13.1. The molecule has 4 N–H and O–H groups in total. The number of unbranched alkanes of at least 4 members (excludes halogenated alkanes) is 13. The third kappa shape index (κ3) is 24.0. The van der Waals surface area contributed by atoms with Crippen molar-refractivity contribution >= 4 is 0 Å². The van der Waals surface area contributed by atoms with Gasteiger partial charge < -0.3 is 21.3 Å². The van der Waals surface area contributed by atoms with Gasteiger partial charge in [0, 0.05) is 26.2 Å². The molecule has 0 aliphatic carbocycles. The second-order valence-corrected chi connectivity index (χ2v) is 8.87. The average Bonchev–Trinajstić information content (AvgIpc) is 2.73. The van der Waals surface area contributed by atoms with Crippen LogP contribution in [-0.4, -0.2) is 53.4 Å². The molecule has 0 fully saturated rings. The van der Waals surface area contributed by atoms with Crippen LogP contribution in [0.2, 0.25) is 0 Å². The molecule has 0 unspecified atom stereocenters. The molecule has 0 aromatic rings. The Morgan fingerprint density at radius 2 is 0.862 bits per heavy atom. The highest BCUT2D eigenvalue weighted by molar-refractivity contribution is 4.67. The Morgan fingerprint density at radius 3 is 1.24 bits per heavy atom. The first-order chi connectivity index (χ1) is 14.3. The van der Waals surface area contributed by atoms with E-state index in [2.05, 4.69) is 28.2 Å². The number of rotatable bonds is 25. The van der Waals surface area contributed by atoms with Gasteiger partial charge in [0.1, 0.15) is 0 Å². The van der Waals surface area contributed by atoms with Crippen molar-refractivity contribution in [3.05, 3.63) is 0 Å². The Kier molecular flexibility index (Phi) is 25.7. The summed E-state index contributed by atoms with van der Waals surface area (Å²) in [4.78, 5) is 0. The van der Waals surface area contributed by atoms with Gasteiger partial charge >= 0.3 is 0 Å². The summed E-state index contributed by atoms with van der Waals surface area (Å²) < 4.78 is 0. The fourth-order valence-corrected chi connectivity index (χ4v) is 3.94. The van der Waals surface area contributed by atoms with E-state index in [1.54, 1.807) is 0 Å². The lowest BCUT2D eigenvalue weighted by molar-refractivity contribution is 0.398. The summed E-state index contributed by atoms with van der Waals surface area (Å²) in [7, 11) is 4.04. The lowest BCUT2D eigenvalue weighted by Gasteiger charge is -2.18. The van der Waals surface area contributed by atoms with Crippen molar-refractivity contribution in [1.29, 1.82) is 0 Å². The quantitative estimate of drug-likeness (QED) is 0.158. The van der Waals surface area contributed by atoms with Crippen LogP contribution in [0.4, 0.5) is 0 Å². The Hall–Kier alpha value is -0.160. The van der Waals surface area contributed by atoms with E-state index in [4.69, 9.17) is 0 Å². The highest BCUT2D eigenvalue weighted by Crippen LogP contribution is 2.14. The molecule has 0 aromatic heterocycles. The molecule has 0 heterocycles. The van der Waals surface area contributed by atoms with Crippen LogP contribution in [-0.2, 0) is 0 Å². The summed E-state index contributed by atoms with van der Waals surface area (Å²) in [6.45, 7) is 8.84. The Bertz CT molecular complexity index is 274. The molecule has 4 heteroatoms. The van der Waals surface area contributed by atoms with Gasteiger partial charge in [-0.05, 0) is 39.5 Å². The van der Waals surface area contributed by atoms with E-state index in [9.17, 15) is 0 Å². The van der Waals surface area contributed by atoms with Crippen LogP contribution in [0.15, 0.2) is 0 Å². The zero-order valence-corrected chi connectivity index (χ0v) is 20.4. The van der Waals surface area contributed by atoms with E-state index in [1.165, 1.54) is 96.3 Å². The number of hydrogen-bond acceptors (Lipinski definition) is 4. The van der Waals surface area contributed by atoms with Crippen LogP contribution >= 0.6 is 0 Å². The minimum atomic E-state index is 0.765. The summed E-state index contributed by atoms with van der Waals surface area (Å²) in [5.74, 6) is 0.765. The highest BCUT2D eigenvalue weighted by Gasteiger charge is 2.07. The summed E-state index contributed by atoms with van der Waals surface area (Å²) in [6, 6.07) is 0. The van der Waals surface area contributed by atoms with Gasteiger partial charge in [0.05, 0.1) is 0 Å². The van der Waals surface area contributed by atoms with Crippen LogP contribution in [0.5, 0.6) is 0 Å². The van der Waals surface area contributed by atoms with Crippen LogP contribution < -0.4 is 21.3 Å². The molecule has 0 atom stereocenters. The molecule has 0 aromatic carbocycles. The molecule has 4 nitrogen and oxygen atoms in total. The fourth-order valence-electron chi connectivity index (χ4n) is 3.94. The summed E-state index contributed by atoms with van der Waals surface area (Å²) in [5.41, 5.74) is 0. The van der Waals surface area contributed by atoms with E-state index in [-0.39, 0.29) is 0 Å². The van der Waals surface area contributed by atoms with Crippen LogP contribution in [0.25, 0.3) is 0 Å². The fraction of sp³-hybridized carbons (Fsp3) is 1.00. The van der Waals surface area contributed by atoms with E-state index >= 15 is 0 Å². The van der Waals surface area contributed by atoms with Crippen LogP contribution in [0.1, 0.15) is 103 Å². The molecular formula is C25H56N4. The van der Waals surface area contributed by atoms with Crippen molar-refractivity contribution < 1.29 is 0 Å². The predicted octanol–water partition coefficient (Wildman–Crippen LogP) is 5.09. The third-order valence-electron chi connectivity index (χ3n) is 5.94.